The van der Waals surface area contributed by atoms with E-state index in [1.165, 1.54) is 32.1 Å². The largest absolute Gasteiger partial charge is 0.340 e. The highest BCUT2D eigenvalue weighted by molar-refractivity contribution is 5.78. The van der Waals surface area contributed by atoms with Crippen molar-refractivity contribution in [2.75, 3.05) is 6.54 Å². The summed E-state index contributed by atoms with van der Waals surface area (Å²) in [4.78, 5) is 14.3. The Morgan fingerprint density at radius 1 is 1.31 bits per heavy atom. The molecule has 0 spiro atoms. The predicted octanol–water partition coefficient (Wildman–Crippen LogP) is 2.05. The van der Waals surface area contributed by atoms with Crippen LogP contribution in [0.1, 0.15) is 58.3 Å². The van der Waals surface area contributed by atoms with Crippen LogP contribution in [-0.4, -0.2) is 28.9 Å². The fraction of sp³-hybridized carbons (Fsp3) is 0.923. The minimum atomic E-state index is -0.164. The third kappa shape index (κ3) is 2.40. The molecule has 3 heteroatoms. The second kappa shape index (κ2) is 4.74. The highest BCUT2D eigenvalue weighted by Crippen LogP contribution is 2.33. The Balaban J connectivity index is 1.90. The van der Waals surface area contributed by atoms with Gasteiger partial charge in [0.2, 0.25) is 5.91 Å². The molecule has 2 rings (SSSR count). The molecular formula is C13H24N2O. The lowest BCUT2D eigenvalue weighted by Gasteiger charge is -2.39. The molecule has 0 aromatic rings. The van der Waals surface area contributed by atoms with Crippen molar-refractivity contribution in [3.8, 4) is 0 Å². The Hall–Kier alpha value is -0.570. The predicted molar refractivity (Wildman–Crippen MR) is 65.0 cm³/mol. The molecule has 92 valence electrons. The summed E-state index contributed by atoms with van der Waals surface area (Å²) in [6, 6.07) is 0.501. The average molecular weight is 224 g/mol. The van der Waals surface area contributed by atoms with Gasteiger partial charge in [0.1, 0.15) is 0 Å². The van der Waals surface area contributed by atoms with Gasteiger partial charge in [0.15, 0.2) is 0 Å². The van der Waals surface area contributed by atoms with Gasteiger partial charge < -0.3 is 10.6 Å². The molecule has 1 amide bonds. The lowest BCUT2D eigenvalue weighted by atomic mass is 9.75. The molecule has 0 aromatic carbocycles. The van der Waals surface area contributed by atoms with Crippen molar-refractivity contribution in [1.82, 2.24) is 4.90 Å². The summed E-state index contributed by atoms with van der Waals surface area (Å²) >= 11 is 0. The van der Waals surface area contributed by atoms with E-state index in [2.05, 4.69) is 11.8 Å². The molecule has 0 aliphatic heterocycles. The number of carbonyl (C=O) groups is 1. The van der Waals surface area contributed by atoms with Crippen LogP contribution < -0.4 is 5.73 Å². The standard InChI is InChI=1S/C13H24N2O/c1-2-15(11-6-3-4-7-11)12(16)10-13(14)8-5-9-13/h11H,2-10,14H2,1H3. The van der Waals surface area contributed by atoms with Crippen molar-refractivity contribution in [2.24, 2.45) is 5.73 Å². The Kier molecular flexibility index (Phi) is 3.53. The number of hydrogen-bond donors (Lipinski definition) is 1. The molecule has 3 nitrogen and oxygen atoms in total. The zero-order chi connectivity index (χ0) is 11.6. The minimum Gasteiger partial charge on any atom is -0.340 e. The average Bonchev–Trinajstić information content (AvgIpc) is 2.70. The summed E-state index contributed by atoms with van der Waals surface area (Å²) in [6.45, 7) is 2.93. The van der Waals surface area contributed by atoms with Crippen LogP contribution in [0.25, 0.3) is 0 Å². The Labute approximate surface area is 98.4 Å². The maximum atomic E-state index is 12.2. The molecule has 16 heavy (non-hydrogen) atoms. The van der Waals surface area contributed by atoms with Gasteiger partial charge in [0, 0.05) is 24.5 Å². The first-order valence-corrected chi connectivity index (χ1v) is 6.73. The molecule has 0 bridgehead atoms. The van der Waals surface area contributed by atoms with Gasteiger partial charge >= 0.3 is 0 Å². The molecule has 2 aliphatic rings. The van der Waals surface area contributed by atoms with Crippen molar-refractivity contribution >= 4 is 5.91 Å². The van der Waals surface area contributed by atoms with E-state index in [0.717, 1.165) is 19.4 Å². The maximum absolute atomic E-state index is 12.2. The normalized spacial score (nSPS) is 24.1. The fourth-order valence-electron chi connectivity index (χ4n) is 3.06. The van der Waals surface area contributed by atoms with Gasteiger partial charge in [-0.3, -0.25) is 4.79 Å². The van der Waals surface area contributed by atoms with Crippen LogP contribution in [0.5, 0.6) is 0 Å². The molecule has 0 unspecified atom stereocenters. The van der Waals surface area contributed by atoms with Gasteiger partial charge in [-0.2, -0.15) is 0 Å². The summed E-state index contributed by atoms with van der Waals surface area (Å²) in [5.41, 5.74) is 5.98. The van der Waals surface area contributed by atoms with Crippen LogP contribution in [-0.2, 0) is 4.79 Å². The van der Waals surface area contributed by atoms with Gasteiger partial charge in [-0.05, 0) is 39.0 Å². The highest BCUT2D eigenvalue weighted by Gasteiger charge is 2.37. The van der Waals surface area contributed by atoms with E-state index in [-0.39, 0.29) is 11.4 Å². The minimum absolute atomic E-state index is 0.164. The van der Waals surface area contributed by atoms with Crippen molar-refractivity contribution in [3.05, 3.63) is 0 Å². The van der Waals surface area contributed by atoms with E-state index < -0.39 is 0 Å². The van der Waals surface area contributed by atoms with E-state index in [1.807, 2.05) is 0 Å². The van der Waals surface area contributed by atoms with Crippen molar-refractivity contribution in [1.29, 1.82) is 0 Å². The first-order chi connectivity index (χ1) is 7.64. The smallest absolute Gasteiger partial charge is 0.224 e. The highest BCUT2D eigenvalue weighted by atomic mass is 16.2. The van der Waals surface area contributed by atoms with E-state index in [1.54, 1.807) is 0 Å². The zero-order valence-electron chi connectivity index (χ0n) is 10.4. The Morgan fingerprint density at radius 3 is 2.38 bits per heavy atom. The van der Waals surface area contributed by atoms with Gasteiger partial charge in [0.25, 0.3) is 0 Å². The Bertz CT molecular complexity index is 255. The van der Waals surface area contributed by atoms with Crippen LogP contribution in [0, 0.1) is 0 Å². The van der Waals surface area contributed by atoms with Crippen LogP contribution >= 0.6 is 0 Å². The molecule has 0 atom stereocenters. The number of nitrogens with two attached hydrogens (primary N) is 1. The van der Waals surface area contributed by atoms with E-state index in [0.29, 0.717) is 12.5 Å². The number of hydrogen-bond acceptors (Lipinski definition) is 2. The molecule has 2 fully saturated rings. The topological polar surface area (TPSA) is 46.3 Å². The second-order valence-corrected chi connectivity index (χ2v) is 5.51. The zero-order valence-corrected chi connectivity index (χ0v) is 10.4. The molecule has 2 aliphatic carbocycles. The van der Waals surface area contributed by atoms with Gasteiger partial charge in [-0.1, -0.05) is 12.8 Å². The molecule has 0 radical (unpaired) electrons. The second-order valence-electron chi connectivity index (χ2n) is 5.51. The molecule has 2 N–H and O–H groups in total. The molecule has 0 saturated heterocycles. The summed E-state index contributed by atoms with van der Waals surface area (Å²) in [7, 11) is 0. The fourth-order valence-corrected chi connectivity index (χ4v) is 3.06. The van der Waals surface area contributed by atoms with Crippen LogP contribution in [0.15, 0.2) is 0 Å². The number of amides is 1. The summed E-state index contributed by atoms with van der Waals surface area (Å²) in [5.74, 6) is 0.289. The quantitative estimate of drug-likeness (QED) is 0.794. The van der Waals surface area contributed by atoms with Crippen LogP contribution in [0.2, 0.25) is 0 Å². The van der Waals surface area contributed by atoms with Crippen molar-refractivity contribution in [3.63, 3.8) is 0 Å². The number of rotatable bonds is 4. The first-order valence-electron chi connectivity index (χ1n) is 6.73. The van der Waals surface area contributed by atoms with Crippen molar-refractivity contribution < 1.29 is 4.79 Å². The maximum Gasteiger partial charge on any atom is 0.224 e. The molecular weight excluding hydrogens is 200 g/mol. The van der Waals surface area contributed by atoms with E-state index >= 15 is 0 Å². The lowest BCUT2D eigenvalue weighted by Crippen LogP contribution is -2.51. The number of carbonyl (C=O) groups excluding carboxylic acids is 1. The summed E-state index contributed by atoms with van der Waals surface area (Å²) in [6.07, 6.45) is 8.76. The summed E-state index contributed by atoms with van der Waals surface area (Å²) < 4.78 is 0. The van der Waals surface area contributed by atoms with E-state index in [9.17, 15) is 4.79 Å². The van der Waals surface area contributed by atoms with Gasteiger partial charge in [-0.25, -0.2) is 0 Å². The SMILES string of the molecule is CCN(C(=O)CC1(N)CCC1)C1CCCC1. The van der Waals surface area contributed by atoms with Crippen molar-refractivity contribution in [2.45, 2.75) is 69.9 Å². The van der Waals surface area contributed by atoms with E-state index in [4.69, 9.17) is 5.73 Å². The number of nitrogens with zero attached hydrogens (tertiary/aromatic N) is 1. The molecule has 2 saturated carbocycles. The van der Waals surface area contributed by atoms with Gasteiger partial charge in [-0.15, -0.1) is 0 Å². The first kappa shape index (κ1) is 11.9. The van der Waals surface area contributed by atoms with Crippen LogP contribution in [0.3, 0.4) is 0 Å². The van der Waals surface area contributed by atoms with Crippen LogP contribution in [0.4, 0.5) is 0 Å². The molecule has 0 aromatic heterocycles. The summed E-state index contributed by atoms with van der Waals surface area (Å²) in [5, 5.41) is 0. The monoisotopic (exact) mass is 224 g/mol. The third-order valence-electron chi connectivity index (χ3n) is 4.28. The third-order valence-corrected chi connectivity index (χ3v) is 4.28. The lowest BCUT2D eigenvalue weighted by molar-refractivity contribution is -0.135. The molecule has 0 heterocycles. The Morgan fingerprint density at radius 2 is 1.94 bits per heavy atom. The van der Waals surface area contributed by atoms with Gasteiger partial charge in [0.05, 0.1) is 0 Å².